The Balaban J connectivity index is 2.27. The highest BCUT2D eigenvalue weighted by atomic mass is 16.1. The molecular weight excluding hydrogens is 216 g/mol. The number of carbonyl (C=O) groups is 1. The fourth-order valence-electron chi connectivity index (χ4n) is 1.67. The van der Waals surface area contributed by atoms with Crippen molar-refractivity contribution in [2.75, 3.05) is 5.32 Å². The number of hydrogen-bond acceptors (Lipinski definition) is 4. The molecule has 1 aromatic heterocycles. The van der Waals surface area contributed by atoms with Crippen molar-refractivity contribution in [1.82, 2.24) is 15.0 Å². The van der Waals surface area contributed by atoms with Gasteiger partial charge in [0.05, 0.1) is 0 Å². The minimum Gasteiger partial charge on any atom is -0.359 e. The lowest BCUT2D eigenvalue weighted by Gasteiger charge is -2.05. The normalized spacial score (nSPS) is 11.8. The van der Waals surface area contributed by atoms with Crippen molar-refractivity contribution in [3.63, 3.8) is 0 Å². The number of benzene rings is 1. The number of carbonyl (C=O) groups excluding carboxylic acids is 1. The van der Waals surface area contributed by atoms with Gasteiger partial charge in [0.1, 0.15) is 11.0 Å². The smallest absolute Gasteiger partial charge is 0.154 e. The predicted octanol–water partition coefficient (Wildman–Crippen LogP) is 1.87. The van der Waals surface area contributed by atoms with Crippen LogP contribution in [0.3, 0.4) is 0 Å². The second-order valence-corrected chi connectivity index (χ2v) is 3.96. The van der Waals surface area contributed by atoms with E-state index >= 15 is 0 Å². The first kappa shape index (κ1) is 11.3. The molecule has 0 atom stereocenters. The van der Waals surface area contributed by atoms with E-state index in [0.29, 0.717) is 0 Å². The first-order valence-electron chi connectivity index (χ1n) is 5.31. The number of nitrogens with zero attached hydrogens (tertiary/aromatic N) is 3. The molecule has 0 bridgehead atoms. The molecule has 0 saturated heterocycles. The molecule has 0 aliphatic carbocycles. The summed E-state index contributed by atoms with van der Waals surface area (Å²) in [6.45, 7) is 3.37. The highest BCUT2D eigenvalue weighted by Crippen LogP contribution is 2.16. The SMILES string of the molecule is CC(=O)/C=C(\C)Nc1ccc2nn(C)nc2c1. The molecule has 2 aromatic rings. The number of ketones is 1. The molecule has 0 amide bonds. The zero-order valence-corrected chi connectivity index (χ0v) is 10.1. The van der Waals surface area contributed by atoms with E-state index in [1.165, 1.54) is 11.7 Å². The van der Waals surface area contributed by atoms with Crippen LogP contribution in [-0.4, -0.2) is 20.8 Å². The Bertz CT molecular complexity index is 598. The third-order valence-electron chi connectivity index (χ3n) is 2.24. The first-order chi connectivity index (χ1) is 8.04. The Labute approximate surface area is 99.1 Å². The summed E-state index contributed by atoms with van der Waals surface area (Å²) in [5, 5.41) is 11.5. The second kappa shape index (κ2) is 4.37. The molecule has 88 valence electrons. The summed E-state index contributed by atoms with van der Waals surface area (Å²) in [6.07, 6.45) is 1.56. The average Bonchev–Trinajstić information content (AvgIpc) is 2.55. The van der Waals surface area contributed by atoms with Crippen molar-refractivity contribution < 1.29 is 4.79 Å². The molecule has 0 saturated carbocycles. The van der Waals surface area contributed by atoms with Crippen LogP contribution in [0.4, 0.5) is 5.69 Å². The zero-order valence-electron chi connectivity index (χ0n) is 10.1. The Morgan fingerprint density at radius 2 is 2.00 bits per heavy atom. The number of rotatable bonds is 3. The largest absolute Gasteiger partial charge is 0.359 e. The van der Waals surface area contributed by atoms with Crippen LogP contribution in [0.5, 0.6) is 0 Å². The molecule has 0 aliphatic heterocycles. The van der Waals surface area contributed by atoms with E-state index in [1.54, 1.807) is 13.1 Å². The highest BCUT2D eigenvalue weighted by Gasteiger charge is 2.01. The number of aryl methyl sites for hydroxylation is 1. The lowest BCUT2D eigenvalue weighted by molar-refractivity contribution is -0.112. The highest BCUT2D eigenvalue weighted by molar-refractivity contribution is 5.88. The van der Waals surface area contributed by atoms with Gasteiger partial charge in [-0.2, -0.15) is 15.0 Å². The number of anilines is 1. The van der Waals surface area contributed by atoms with E-state index in [1.807, 2.05) is 25.1 Å². The van der Waals surface area contributed by atoms with Crippen LogP contribution >= 0.6 is 0 Å². The lowest BCUT2D eigenvalue weighted by atomic mass is 10.2. The van der Waals surface area contributed by atoms with Crippen LogP contribution in [-0.2, 0) is 11.8 Å². The predicted molar refractivity (Wildman–Crippen MR) is 66.6 cm³/mol. The van der Waals surface area contributed by atoms with Crippen molar-refractivity contribution in [3.05, 3.63) is 30.0 Å². The fraction of sp³-hybridized carbons (Fsp3) is 0.250. The molecule has 1 N–H and O–H groups in total. The Hall–Kier alpha value is -2.17. The number of aromatic nitrogens is 3. The van der Waals surface area contributed by atoms with Gasteiger partial charge in [0.2, 0.25) is 0 Å². The van der Waals surface area contributed by atoms with Crippen LogP contribution in [0, 0.1) is 0 Å². The van der Waals surface area contributed by atoms with E-state index < -0.39 is 0 Å². The summed E-state index contributed by atoms with van der Waals surface area (Å²) in [7, 11) is 1.79. The number of hydrogen-bond donors (Lipinski definition) is 1. The third kappa shape index (κ3) is 2.69. The zero-order chi connectivity index (χ0) is 12.4. The lowest BCUT2D eigenvalue weighted by Crippen LogP contribution is -1.97. The van der Waals surface area contributed by atoms with Crippen LogP contribution in [0.25, 0.3) is 11.0 Å². The van der Waals surface area contributed by atoms with Crippen molar-refractivity contribution in [2.45, 2.75) is 13.8 Å². The van der Waals surface area contributed by atoms with Gasteiger partial charge < -0.3 is 5.32 Å². The van der Waals surface area contributed by atoms with Gasteiger partial charge in [0.25, 0.3) is 0 Å². The molecular formula is C12H14N4O. The van der Waals surface area contributed by atoms with Gasteiger partial charge >= 0.3 is 0 Å². The third-order valence-corrected chi connectivity index (χ3v) is 2.24. The van der Waals surface area contributed by atoms with Crippen molar-refractivity contribution in [1.29, 1.82) is 0 Å². The molecule has 17 heavy (non-hydrogen) atoms. The van der Waals surface area contributed by atoms with Gasteiger partial charge in [-0.1, -0.05) is 0 Å². The van der Waals surface area contributed by atoms with E-state index in [2.05, 4.69) is 15.5 Å². The molecule has 0 spiro atoms. The summed E-state index contributed by atoms with van der Waals surface area (Å²) in [5.41, 5.74) is 3.38. The van der Waals surface area contributed by atoms with E-state index in [0.717, 1.165) is 22.4 Å². The Morgan fingerprint density at radius 1 is 1.29 bits per heavy atom. The van der Waals surface area contributed by atoms with E-state index in [9.17, 15) is 4.79 Å². The maximum absolute atomic E-state index is 10.9. The van der Waals surface area contributed by atoms with Crippen molar-refractivity contribution in [2.24, 2.45) is 7.05 Å². The summed E-state index contributed by atoms with van der Waals surface area (Å²) in [4.78, 5) is 12.5. The van der Waals surface area contributed by atoms with Crippen molar-refractivity contribution >= 4 is 22.5 Å². The summed E-state index contributed by atoms with van der Waals surface area (Å²) in [5.74, 6) is 0.0237. The summed E-state index contributed by atoms with van der Waals surface area (Å²) < 4.78 is 0. The Kier molecular flexibility index (Phi) is 2.91. The van der Waals surface area contributed by atoms with Gasteiger partial charge in [-0.3, -0.25) is 4.79 Å². The molecule has 1 aromatic carbocycles. The molecule has 0 unspecified atom stereocenters. The first-order valence-corrected chi connectivity index (χ1v) is 5.31. The molecule has 0 radical (unpaired) electrons. The minimum absolute atomic E-state index is 0.0237. The quantitative estimate of drug-likeness (QED) is 0.818. The molecule has 0 fully saturated rings. The molecule has 5 heteroatoms. The van der Waals surface area contributed by atoms with Gasteiger partial charge in [-0.25, -0.2) is 0 Å². The van der Waals surface area contributed by atoms with Crippen LogP contribution in [0.1, 0.15) is 13.8 Å². The van der Waals surface area contributed by atoms with E-state index in [4.69, 9.17) is 0 Å². The topological polar surface area (TPSA) is 59.8 Å². The molecule has 0 aliphatic rings. The van der Waals surface area contributed by atoms with Crippen LogP contribution in [0.15, 0.2) is 30.0 Å². The standard InChI is InChI=1S/C12H14N4O/c1-8(6-9(2)17)13-10-4-5-11-12(7-10)15-16(3)14-11/h4-7,13H,1-3H3/b8-6+. The van der Waals surface area contributed by atoms with Gasteiger partial charge in [-0.05, 0) is 38.1 Å². The number of allylic oxidation sites excluding steroid dienone is 2. The number of nitrogens with one attached hydrogen (secondary N) is 1. The van der Waals surface area contributed by atoms with Crippen LogP contribution < -0.4 is 5.32 Å². The maximum atomic E-state index is 10.9. The molecule has 2 rings (SSSR count). The molecule has 1 heterocycles. The minimum atomic E-state index is 0.0237. The number of fused-ring (bicyclic) bond motifs is 1. The Morgan fingerprint density at radius 3 is 2.71 bits per heavy atom. The molecule has 5 nitrogen and oxygen atoms in total. The monoisotopic (exact) mass is 230 g/mol. The summed E-state index contributed by atoms with van der Waals surface area (Å²) in [6, 6.07) is 5.71. The average molecular weight is 230 g/mol. The van der Waals surface area contributed by atoms with Gasteiger partial charge in [0.15, 0.2) is 5.78 Å². The van der Waals surface area contributed by atoms with Gasteiger partial charge in [0, 0.05) is 18.4 Å². The summed E-state index contributed by atoms with van der Waals surface area (Å²) >= 11 is 0. The van der Waals surface area contributed by atoms with Crippen molar-refractivity contribution in [3.8, 4) is 0 Å². The second-order valence-electron chi connectivity index (χ2n) is 3.96. The van der Waals surface area contributed by atoms with Crippen LogP contribution in [0.2, 0.25) is 0 Å². The maximum Gasteiger partial charge on any atom is 0.154 e. The van der Waals surface area contributed by atoms with Gasteiger partial charge in [-0.15, -0.1) is 0 Å². The van der Waals surface area contributed by atoms with E-state index in [-0.39, 0.29) is 5.78 Å². The fourth-order valence-corrected chi connectivity index (χ4v) is 1.67.